The van der Waals surface area contributed by atoms with E-state index >= 15 is 0 Å². The van der Waals surface area contributed by atoms with E-state index in [1.807, 2.05) is 0 Å². The Morgan fingerprint density at radius 3 is 2.41 bits per heavy atom. The molecule has 2 amide bonds. The molecule has 1 aliphatic rings. The molecule has 0 N–H and O–H groups in total. The number of hydrogen-bond acceptors (Lipinski definition) is 5. The van der Waals surface area contributed by atoms with Crippen molar-refractivity contribution in [3.8, 4) is 0 Å². The lowest BCUT2D eigenvalue weighted by Gasteiger charge is -2.38. The summed E-state index contributed by atoms with van der Waals surface area (Å²) in [5, 5.41) is 0.846. The fraction of sp³-hybridized carbons (Fsp3) is 0.550. The van der Waals surface area contributed by atoms with Crippen LogP contribution in [0.3, 0.4) is 0 Å². The van der Waals surface area contributed by atoms with Gasteiger partial charge in [-0.25, -0.2) is 9.59 Å². The Balaban J connectivity index is 2.37. The molecule has 160 valence electrons. The van der Waals surface area contributed by atoms with Crippen LogP contribution in [0.4, 0.5) is 4.79 Å². The predicted octanol–water partition coefficient (Wildman–Crippen LogP) is 3.89. The zero-order chi connectivity index (χ0) is 22.0. The van der Waals surface area contributed by atoms with Crippen LogP contribution < -0.4 is 0 Å². The summed E-state index contributed by atoms with van der Waals surface area (Å²) in [6.07, 6.45) is -0.319. The molecule has 0 aliphatic carbocycles. The first-order valence-corrected chi connectivity index (χ1v) is 9.94. The second-order valence-electron chi connectivity index (χ2n) is 8.02. The molecular weight excluding hydrogens is 419 g/mol. The van der Waals surface area contributed by atoms with Gasteiger partial charge < -0.3 is 19.3 Å². The molecule has 29 heavy (non-hydrogen) atoms. The van der Waals surface area contributed by atoms with Gasteiger partial charge in [-0.3, -0.25) is 4.79 Å². The summed E-state index contributed by atoms with van der Waals surface area (Å²) in [4.78, 5) is 40.7. The van der Waals surface area contributed by atoms with E-state index in [1.165, 1.54) is 23.8 Å². The minimum Gasteiger partial charge on any atom is -0.467 e. The first-order valence-electron chi connectivity index (χ1n) is 9.18. The Kier molecular flexibility index (Phi) is 7.06. The lowest BCUT2D eigenvalue weighted by Crippen LogP contribution is -2.58. The van der Waals surface area contributed by atoms with Crippen molar-refractivity contribution in [3.05, 3.63) is 33.8 Å². The third kappa shape index (κ3) is 5.34. The van der Waals surface area contributed by atoms with Crippen molar-refractivity contribution in [2.75, 3.05) is 20.2 Å². The van der Waals surface area contributed by atoms with Gasteiger partial charge in [0.15, 0.2) is 5.54 Å². The van der Waals surface area contributed by atoms with Crippen LogP contribution in [0.25, 0.3) is 0 Å². The van der Waals surface area contributed by atoms with Gasteiger partial charge in [0.25, 0.3) is 0 Å². The maximum Gasteiger partial charge on any atom is 0.410 e. The number of halogens is 2. The summed E-state index contributed by atoms with van der Waals surface area (Å²) in [6, 6.07) is 4.93. The Morgan fingerprint density at radius 1 is 1.24 bits per heavy atom. The van der Waals surface area contributed by atoms with Crippen LogP contribution in [-0.4, -0.2) is 59.1 Å². The van der Waals surface area contributed by atoms with Crippen molar-refractivity contribution in [2.24, 2.45) is 0 Å². The van der Waals surface area contributed by atoms with Gasteiger partial charge in [-0.05, 0) is 38.5 Å². The Morgan fingerprint density at radius 2 is 1.90 bits per heavy atom. The highest BCUT2D eigenvalue weighted by atomic mass is 35.5. The average molecular weight is 445 g/mol. The molecule has 1 unspecified atom stereocenters. The van der Waals surface area contributed by atoms with Crippen LogP contribution in [0.1, 0.15) is 39.7 Å². The lowest BCUT2D eigenvalue weighted by molar-refractivity contribution is -0.161. The highest BCUT2D eigenvalue weighted by Gasteiger charge is 2.53. The molecule has 1 fully saturated rings. The van der Waals surface area contributed by atoms with E-state index in [4.69, 9.17) is 32.7 Å². The number of benzene rings is 1. The molecule has 0 saturated carbocycles. The molecule has 1 aromatic rings. The smallest absolute Gasteiger partial charge is 0.410 e. The summed E-state index contributed by atoms with van der Waals surface area (Å²) < 4.78 is 10.4. The number of likely N-dealkylation sites (tertiary alicyclic amines) is 1. The number of esters is 1. The molecule has 9 heteroatoms. The largest absolute Gasteiger partial charge is 0.467 e. The van der Waals surface area contributed by atoms with E-state index in [9.17, 15) is 14.4 Å². The predicted molar refractivity (Wildman–Crippen MR) is 110 cm³/mol. The molecule has 1 aliphatic heterocycles. The Hall–Kier alpha value is -1.99. The molecule has 1 aromatic carbocycles. The minimum atomic E-state index is -1.33. The fourth-order valence-electron chi connectivity index (χ4n) is 3.35. The highest BCUT2D eigenvalue weighted by molar-refractivity contribution is 6.35. The van der Waals surface area contributed by atoms with Crippen LogP contribution in [0.5, 0.6) is 0 Å². The van der Waals surface area contributed by atoms with E-state index in [1.54, 1.807) is 39.0 Å². The number of rotatable bonds is 4. The topological polar surface area (TPSA) is 76.2 Å². The van der Waals surface area contributed by atoms with E-state index in [0.29, 0.717) is 15.6 Å². The van der Waals surface area contributed by atoms with E-state index < -0.39 is 23.2 Å². The van der Waals surface area contributed by atoms with Crippen molar-refractivity contribution < 1.29 is 23.9 Å². The van der Waals surface area contributed by atoms with Crippen LogP contribution in [0, 0.1) is 0 Å². The molecule has 0 spiro atoms. The maximum absolute atomic E-state index is 12.8. The summed E-state index contributed by atoms with van der Waals surface area (Å²) >= 11 is 12.2. The van der Waals surface area contributed by atoms with Crippen molar-refractivity contribution in [3.63, 3.8) is 0 Å². The van der Waals surface area contributed by atoms with Gasteiger partial charge >= 0.3 is 12.1 Å². The quantitative estimate of drug-likeness (QED) is 0.658. The van der Waals surface area contributed by atoms with Gasteiger partial charge in [-0.15, -0.1) is 0 Å². The molecule has 2 rings (SSSR count). The van der Waals surface area contributed by atoms with E-state index in [-0.39, 0.29) is 32.0 Å². The molecule has 0 aromatic heterocycles. The zero-order valence-corrected chi connectivity index (χ0v) is 18.8. The third-order valence-electron chi connectivity index (χ3n) is 4.71. The molecule has 0 radical (unpaired) electrons. The van der Waals surface area contributed by atoms with Crippen molar-refractivity contribution in [1.82, 2.24) is 9.80 Å². The molecule has 1 saturated heterocycles. The van der Waals surface area contributed by atoms with Crippen LogP contribution in [-0.2, 0) is 25.6 Å². The van der Waals surface area contributed by atoms with Gasteiger partial charge in [0.2, 0.25) is 5.91 Å². The van der Waals surface area contributed by atoms with E-state index in [2.05, 4.69) is 0 Å². The van der Waals surface area contributed by atoms with Gasteiger partial charge in [-0.2, -0.15) is 0 Å². The first kappa shape index (κ1) is 23.3. The zero-order valence-electron chi connectivity index (χ0n) is 17.3. The van der Waals surface area contributed by atoms with Gasteiger partial charge in [0, 0.05) is 36.5 Å². The monoisotopic (exact) mass is 444 g/mol. The number of hydrogen-bond donors (Lipinski definition) is 0. The number of carbonyl (C=O) groups is 3. The van der Waals surface area contributed by atoms with Crippen molar-refractivity contribution in [1.29, 1.82) is 0 Å². The lowest BCUT2D eigenvalue weighted by atomic mass is 9.94. The SMILES string of the molecule is COC(=O)C1(N(Cc2ccc(Cl)cc2Cl)C(C)=O)CCN(C(=O)OC(C)(C)C)C1. The molecule has 0 bridgehead atoms. The molecular formula is C20H26Cl2N2O5. The number of nitrogens with zero attached hydrogens (tertiary/aromatic N) is 2. The Labute approximate surface area is 180 Å². The normalized spacial score (nSPS) is 19.1. The third-order valence-corrected chi connectivity index (χ3v) is 5.29. The highest BCUT2D eigenvalue weighted by Crippen LogP contribution is 2.34. The van der Waals surface area contributed by atoms with E-state index in [0.717, 1.165) is 0 Å². The fourth-order valence-corrected chi connectivity index (χ4v) is 3.82. The number of amides is 2. The van der Waals surface area contributed by atoms with Crippen LogP contribution >= 0.6 is 23.2 Å². The van der Waals surface area contributed by atoms with Crippen LogP contribution in [0.15, 0.2) is 18.2 Å². The van der Waals surface area contributed by atoms with Crippen molar-refractivity contribution in [2.45, 2.75) is 51.8 Å². The minimum absolute atomic E-state index is 0.0284. The summed E-state index contributed by atoms with van der Waals surface area (Å²) in [5.74, 6) is -0.934. The second kappa shape index (κ2) is 8.79. The summed E-state index contributed by atoms with van der Waals surface area (Å²) in [5.41, 5.74) is -1.38. The maximum atomic E-state index is 12.8. The standard InChI is InChI=1S/C20H26Cl2N2O5/c1-13(25)24(11-14-6-7-15(21)10-16(14)22)20(17(26)28-5)8-9-23(12-20)18(27)29-19(2,3)4/h6-7,10H,8-9,11-12H2,1-5H3. The summed E-state index contributed by atoms with van der Waals surface area (Å²) in [7, 11) is 1.26. The number of ether oxygens (including phenoxy) is 2. The molecule has 1 atom stereocenters. The summed E-state index contributed by atoms with van der Waals surface area (Å²) in [6.45, 7) is 6.95. The first-order chi connectivity index (χ1) is 13.4. The van der Waals surface area contributed by atoms with Crippen molar-refractivity contribution >= 4 is 41.2 Å². The van der Waals surface area contributed by atoms with Gasteiger partial charge in [-0.1, -0.05) is 29.3 Å². The number of methoxy groups -OCH3 is 1. The van der Waals surface area contributed by atoms with Gasteiger partial charge in [0.1, 0.15) is 5.60 Å². The Bertz CT molecular complexity index is 809. The molecule has 1 heterocycles. The molecule has 7 nitrogen and oxygen atoms in total. The second-order valence-corrected chi connectivity index (χ2v) is 8.86. The number of carbonyl (C=O) groups excluding carboxylic acids is 3. The van der Waals surface area contributed by atoms with Crippen LogP contribution in [0.2, 0.25) is 10.0 Å². The van der Waals surface area contributed by atoms with Gasteiger partial charge in [0.05, 0.1) is 13.7 Å². The average Bonchev–Trinajstić information content (AvgIpc) is 3.05.